The predicted octanol–water partition coefficient (Wildman–Crippen LogP) is 2.12. The zero-order valence-corrected chi connectivity index (χ0v) is 22.3. The number of methoxy groups -OCH3 is 1. The van der Waals surface area contributed by atoms with E-state index in [0.717, 1.165) is 30.1 Å². The van der Waals surface area contributed by atoms with Gasteiger partial charge in [-0.2, -0.15) is 0 Å². The first-order valence-electron chi connectivity index (χ1n) is 11.6. The van der Waals surface area contributed by atoms with Crippen molar-refractivity contribution in [3.63, 3.8) is 0 Å². The van der Waals surface area contributed by atoms with Crippen molar-refractivity contribution in [1.82, 2.24) is 19.9 Å². The molecule has 0 unspecified atom stereocenters. The molecule has 0 aliphatic heterocycles. The van der Waals surface area contributed by atoms with Crippen molar-refractivity contribution < 1.29 is 31.9 Å². The van der Waals surface area contributed by atoms with Crippen LogP contribution in [0.25, 0.3) is 22.0 Å². The highest BCUT2D eigenvalue weighted by molar-refractivity contribution is 7.92. The number of fused-ring (bicyclic) bond motifs is 1. The molecule has 0 saturated carbocycles. The zero-order chi connectivity index (χ0) is 28.3. The fraction of sp³-hybridized carbons (Fsp3) is 0.400. The first-order valence-corrected chi connectivity index (χ1v) is 13.5. The number of carbonyl (C=O) groups is 1. The number of ether oxygens (including phenoxy) is 1. The molecule has 1 aromatic heterocycles. The lowest BCUT2D eigenvalue weighted by atomic mass is 10.0. The Labute approximate surface area is 218 Å². The number of hydroxylamine groups is 1. The second-order valence-electron chi connectivity index (χ2n) is 9.33. The highest BCUT2D eigenvalue weighted by Crippen LogP contribution is 2.29. The van der Waals surface area contributed by atoms with Gasteiger partial charge in [0.1, 0.15) is 11.6 Å². The minimum atomic E-state index is -3.97. The smallest absolute Gasteiger partial charge is 0.264 e. The Morgan fingerprint density at radius 3 is 2.50 bits per heavy atom. The van der Waals surface area contributed by atoms with Gasteiger partial charge in [0.15, 0.2) is 14.6 Å². The summed E-state index contributed by atoms with van der Waals surface area (Å²) in [6.07, 6.45) is 1.62. The topological polar surface area (TPSA) is 131 Å². The molecule has 0 aliphatic carbocycles. The van der Waals surface area contributed by atoms with Crippen molar-refractivity contribution in [3.8, 4) is 11.1 Å². The summed E-state index contributed by atoms with van der Waals surface area (Å²) in [6.45, 7) is 2.53. The Kier molecular flexibility index (Phi) is 8.97. The Morgan fingerprint density at radius 2 is 1.89 bits per heavy atom. The van der Waals surface area contributed by atoms with Gasteiger partial charge in [-0.1, -0.05) is 12.1 Å². The average molecular weight is 553 g/mol. The van der Waals surface area contributed by atoms with E-state index in [2.05, 4.69) is 4.98 Å². The number of hydrogen-bond donors (Lipinski definition) is 2. The first-order chi connectivity index (χ1) is 17.8. The van der Waals surface area contributed by atoms with Gasteiger partial charge < -0.3 is 4.74 Å². The van der Waals surface area contributed by atoms with Gasteiger partial charge in [-0.05, 0) is 44.2 Å². The first kappa shape index (κ1) is 29.3. The van der Waals surface area contributed by atoms with E-state index >= 15 is 4.39 Å². The van der Waals surface area contributed by atoms with Crippen LogP contribution >= 0.6 is 0 Å². The van der Waals surface area contributed by atoms with Crippen LogP contribution in [-0.4, -0.2) is 72.3 Å². The molecule has 1 amide bonds. The summed E-state index contributed by atoms with van der Waals surface area (Å²) in [5.74, 6) is -2.61. The van der Waals surface area contributed by atoms with E-state index in [1.54, 1.807) is 13.2 Å². The number of hydrogen-bond acceptors (Lipinski definition) is 8. The summed E-state index contributed by atoms with van der Waals surface area (Å²) >= 11 is 0. The molecular formula is C25H30F2N4O6S. The van der Waals surface area contributed by atoms with Crippen LogP contribution in [0.1, 0.15) is 18.9 Å². The molecule has 2 aromatic carbocycles. The number of carbonyl (C=O) groups excluding carboxylic acids is 1. The quantitative estimate of drug-likeness (QED) is 0.273. The van der Waals surface area contributed by atoms with Gasteiger partial charge in [-0.15, -0.1) is 0 Å². The molecule has 0 spiro atoms. The monoisotopic (exact) mass is 552 g/mol. The zero-order valence-electron chi connectivity index (χ0n) is 21.5. The molecule has 2 N–H and O–H groups in total. The van der Waals surface area contributed by atoms with E-state index in [4.69, 9.17) is 9.94 Å². The minimum Gasteiger partial charge on any atom is -0.383 e. The van der Waals surface area contributed by atoms with Crippen LogP contribution in [0.4, 0.5) is 8.78 Å². The molecule has 0 aliphatic rings. The fourth-order valence-corrected chi connectivity index (χ4v) is 4.82. The van der Waals surface area contributed by atoms with Crippen LogP contribution in [0.5, 0.6) is 0 Å². The lowest BCUT2D eigenvalue weighted by Crippen LogP contribution is -2.50. The third-order valence-corrected chi connectivity index (χ3v) is 8.62. The molecule has 10 nitrogen and oxygen atoms in total. The van der Waals surface area contributed by atoms with Gasteiger partial charge in [0.2, 0.25) is 0 Å². The van der Waals surface area contributed by atoms with Crippen molar-refractivity contribution in [3.05, 3.63) is 64.2 Å². The van der Waals surface area contributed by atoms with Gasteiger partial charge >= 0.3 is 0 Å². The van der Waals surface area contributed by atoms with Gasteiger partial charge in [0.05, 0.1) is 23.8 Å². The Balaban J connectivity index is 1.92. The number of nitrogens with zero attached hydrogens (tertiary/aromatic N) is 3. The maximum atomic E-state index is 15.1. The molecule has 3 aromatic rings. The molecule has 13 heteroatoms. The van der Waals surface area contributed by atoms with E-state index < -0.39 is 37.7 Å². The molecule has 0 radical (unpaired) electrons. The summed E-state index contributed by atoms with van der Waals surface area (Å²) < 4.78 is 58.5. The highest BCUT2D eigenvalue weighted by Gasteiger charge is 2.43. The molecule has 206 valence electrons. The third-order valence-electron chi connectivity index (χ3n) is 6.60. The highest BCUT2D eigenvalue weighted by atomic mass is 32.2. The molecule has 0 saturated heterocycles. The maximum absolute atomic E-state index is 15.1. The number of rotatable bonds is 11. The average Bonchev–Trinajstić information content (AvgIpc) is 2.86. The van der Waals surface area contributed by atoms with Crippen LogP contribution < -0.4 is 11.0 Å². The van der Waals surface area contributed by atoms with Crippen LogP contribution in [0.2, 0.25) is 0 Å². The summed E-state index contributed by atoms with van der Waals surface area (Å²) in [5.41, 5.74) is 1.43. The number of aromatic nitrogens is 2. The lowest BCUT2D eigenvalue weighted by molar-refractivity contribution is -0.131. The number of benzene rings is 2. The van der Waals surface area contributed by atoms with E-state index in [-0.39, 0.29) is 35.0 Å². The largest absolute Gasteiger partial charge is 0.383 e. The van der Waals surface area contributed by atoms with Crippen LogP contribution in [0.15, 0.2) is 41.5 Å². The van der Waals surface area contributed by atoms with Gasteiger partial charge in [0, 0.05) is 44.1 Å². The fourth-order valence-electron chi connectivity index (χ4n) is 3.98. The number of nitrogens with one attached hydrogen (secondary N) is 1. The second-order valence-corrected chi connectivity index (χ2v) is 11.8. The van der Waals surface area contributed by atoms with E-state index in [1.807, 2.05) is 11.9 Å². The summed E-state index contributed by atoms with van der Waals surface area (Å²) in [7, 11) is -0.508. The Bertz CT molecular complexity index is 1510. The normalized spacial score (nSPS) is 13.6. The van der Waals surface area contributed by atoms with Crippen molar-refractivity contribution in [2.45, 2.75) is 31.2 Å². The van der Waals surface area contributed by atoms with E-state index in [1.165, 1.54) is 23.7 Å². The maximum Gasteiger partial charge on any atom is 0.264 e. The van der Waals surface area contributed by atoms with Crippen LogP contribution in [-0.2, 0) is 32.5 Å². The molecule has 0 fully saturated rings. The van der Waals surface area contributed by atoms with Crippen molar-refractivity contribution >= 4 is 26.6 Å². The minimum absolute atomic E-state index is 0.0117. The van der Waals surface area contributed by atoms with Crippen molar-refractivity contribution in [1.29, 1.82) is 0 Å². The van der Waals surface area contributed by atoms with Gasteiger partial charge in [0.25, 0.3) is 11.5 Å². The van der Waals surface area contributed by atoms with E-state index in [0.29, 0.717) is 25.3 Å². The van der Waals surface area contributed by atoms with E-state index in [9.17, 15) is 22.4 Å². The number of sulfone groups is 1. The molecule has 1 atom stereocenters. The molecule has 1 heterocycles. The number of likely N-dealkylation sites (N-methyl/N-ethyl adjacent to an activating group) is 1. The third kappa shape index (κ3) is 6.07. The summed E-state index contributed by atoms with van der Waals surface area (Å²) in [4.78, 5) is 31.1. The number of halogens is 2. The van der Waals surface area contributed by atoms with Crippen LogP contribution in [0, 0.1) is 11.6 Å². The SMILES string of the molecule is COCCN(C)Cc1ccc(-c2cc3ncn(CC[C@@](C)(C(=O)NO)S(C)(=O)=O)c(=O)c3cc2F)c(F)c1. The Hall–Kier alpha value is -3.26. The lowest BCUT2D eigenvalue weighted by Gasteiger charge is -2.25. The second kappa shape index (κ2) is 11.6. The summed E-state index contributed by atoms with van der Waals surface area (Å²) in [6, 6.07) is 6.73. The van der Waals surface area contributed by atoms with Crippen molar-refractivity contribution in [2.75, 3.05) is 33.6 Å². The molecule has 3 rings (SSSR count). The summed E-state index contributed by atoms with van der Waals surface area (Å²) in [5, 5.41) is 8.86. The number of aryl methyl sites for hydroxylation is 1. The predicted molar refractivity (Wildman–Crippen MR) is 137 cm³/mol. The van der Waals surface area contributed by atoms with Gasteiger partial charge in [-0.25, -0.2) is 27.7 Å². The van der Waals surface area contributed by atoms with Crippen LogP contribution in [0.3, 0.4) is 0 Å². The van der Waals surface area contributed by atoms with Gasteiger partial charge in [-0.3, -0.25) is 24.3 Å². The molecule has 0 bridgehead atoms. The Morgan fingerprint density at radius 1 is 1.21 bits per heavy atom. The molecule has 38 heavy (non-hydrogen) atoms. The van der Waals surface area contributed by atoms with Crippen molar-refractivity contribution in [2.24, 2.45) is 0 Å². The molecular weight excluding hydrogens is 522 g/mol. The standard InChI is InChI=1S/C25H30F2N4O6S/c1-25(24(33)29-34,38(4,35)36)7-8-31-15-28-22-13-18(21(27)12-19(22)23(31)32)17-6-5-16(11-20(17)26)14-30(2)9-10-37-3/h5-6,11-13,15,34H,7-10,14H2,1-4H3,(H,29,33)/t25-/m0/s1. The number of amides is 1.